The largest absolute Gasteiger partial charge is 0.496 e. The number of methoxy groups -OCH3 is 1. The van der Waals surface area contributed by atoms with Crippen LogP contribution in [0.1, 0.15) is 37.8 Å². The van der Waals surface area contributed by atoms with Gasteiger partial charge in [-0.2, -0.15) is 0 Å². The highest BCUT2D eigenvalue weighted by Gasteiger charge is 2.15. The van der Waals surface area contributed by atoms with Crippen LogP contribution in [0.5, 0.6) is 5.75 Å². The fourth-order valence-electron chi connectivity index (χ4n) is 2.00. The van der Waals surface area contributed by atoms with E-state index in [0.29, 0.717) is 5.02 Å². The van der Waals surface area contributed by atoms with Gasteiger partial charge in [0.05, 0.1) is 7.11 Å². The zero-order valence-corrected chi connectivity index (χ0v) is 11.8. The first-order valence-corrected chi connectivity index (χ1v) is 6.61. The van der Waals surface area contributed by atoms with E-state index in [1.165, 1.54) is 0 Å². The number of rotatable bonds is 7. The second kappa shape index (κ2) is 8.02. The fourth-order valence-corrected chi connectivity index (χ4v) is 2.16. The summed E-state index contributed by atoms with van der Waals surface area (Å²) in [6.45, 7) is 3.00. The van der Waals surface area contributed by atoms with Crippen LogP contribution < -0.4 is 10.1 Å². The van der Waals surface area contributed by atoms with Crippen LogP contribution in [-0.2, 0) is 0 Å². The lowest BCUT2D eigenvalue weighted by Crippen LogP contribution is -2.21. The molecule has 18 heavy (non-hydrogen) atoms. The van der Waals surface area contributed by atoms with Gasteiger partial charge in [-0.25, -0.2) is 0 Å². The lowest BCUT2D eigenvalue weighted by Gasteiger charge is -2.20. The summed E-state index contributed by atoms with van der Waals surface area (Å²) in [7, 11) is 1.67. The van der Waals surface area contributed by atoms with Crippen molar-refractivity contribution >= 4 is 11.6 Å². The predicted molar refractivity (Wildman–Crippen MR) is 77.1 cm³/mol. The molecule has 98 valence electrons. The number of hydrogen-bond donors (Lipinski definition) is 1. The molecule has 1 aromatic rings. The normalized spacial score (nSPS) is 11.9. The molecule has 1 unspecified atom stereocenters. The standard InChI is InChI=1S/C15H20ClNO/c1-4-6-7-8-14(17-5-2)13-10-9-12(16)11-15(13)18-3/h1,9-11,14,17H,5-8H2,2-3H3. The summed E-state index contributed by atoms with van der Waals surface area (Å²) >= 11 is 5.98. The Morgan fingerprint density at radius 2 is 2.28 bits per heavy atom. The van der Waals surface area contributed by atoms with Crippen molar-refractivity contribution in [1.82, 2.24) is 5.32 Å². The SMILES string of the molecule is C#CCCCC(NCC)c1ccc(Cl)cc1OC. The molecule has 0 aliphatic carbocycles. The average Bonchev–Trinajstić information content (AvgIpc) is 2.38. The maximum Gasteiger partial charge on any atom is 0.125 e. The second-order valence-electron chi connectivity index (χ2n) is 4.09. The predicted octanol–water partition coefficient (Wildman–Crippen LogP) is 3.80. The van der Waals surface area contributed by atoms with Crippen LogP contribution in [-0.4, -0.2) is 13.7 Å². The molecule has 0 heterocycles. The van der Waals surface area contributed by atoms with E-state index < -0.39 is 0 Å². The van der Waals surface area contributed by atoms with Crippen molar-refractivity contribution in [1.29, 1.82) is 0 Å². The highest BCUT2D eigenvalue weighted by molar-refractivity contribution is 6.30. The molecule has 0 saturated carbocycles. The van der Waals surface area contributed by atoms with Crippen LogP contribution >= 0.6 is 11.6 Å². The molecule has 0 radical (unpaired) electrons. The topological polar surface area (TPSA) is 21.3 Å². The van der Waals surface area contributed by atoms with Gasteiger partial charge in [-0.05, 0) is 31.5 Å². The van der Waals surface area contributed by atoms with Crippen molar-refractivity contribution in [2.75, 3.05) is 13.7 Å². The van der Waals surface area contributed by atoms with E-state index in [-0.39, 0.29) is 6.04 Å². The van der Waals surface area contributed by atoms with Crippen LogP contribution in [0.2, 0.25) is 5.02 Å². The first kappa shape index (κ1) is 14.9. The van der Waals surface area contributed by atoms with Gasteiger partial charge >= 0.3 is 0 Å². The fraction of sp³-hybridized carbons (Fsp3) is 0.467. The molecule has 0 bridgehead atoms. The zero-order valence-electron chi connectivity index (χ0n) is 11.0. The molecule has 2 nitrogen and oxygen atoms in total. The molecule has 3 heteroatoms. The number of nitrogens with one attached hydrogen (secondary N) is 1. The third-order valence-corrected chi connectivity index (χ3v) is 3.07. The Morgan fingerprint density at radius 3 is 2.89 bits per heavy atom. The zero-order chi connectivity index (χ0) is 13.4. The van der Waals surface area contributed by atoms with Crippen LogP contribution in [0.4, 0.5) is 0 Å². The minimum atomic E-state index is 0.260. The van der Waals surface area contributed by atoms with Gasteiger partial charge in [-0.3, -0.25) is 0 Å². The van der Waals surface area contributed by atoms with Gasteiger partial charge in [0.15, 0.2) is 0 Å². The van der Waals surface area contributed by atoms with Crippen molar-refractivity contribution in [3.8, 4) is 18.1 Å². The number of halogens is 1. The molecule has 1 atom stereocenters. The van der Waals surface area contributed by atoms with E-state index >= 15 is 0 Å². The Morgan fingerprint density at radius 1 is 1.50 bits per heavy atom. The molecule has 0 aromatic heterocycles. The minimum Gasteiger partial charge on any atom is -0.496 e. The smallest absolute Gasteiger partial charge is 0.125 e. The first-order valence-electron chi connectivity index (χ1n) is 6.23. The molecule has 0 aliphatic heterocycles. The van der Waals surface area contributed by atoms with E-state index in [9.17, 15) is 0 Å². The van der Waals surface area contributed by atoms with Gasteiger partial charge < -0.3 is 10.1 Å². The van der Waals surface area contributed by atoms with Crippen molar-refractivity contribution < 1.29 is 4.74 Å². The quantitative estimate of drug-likeness (QED) is 0.598. The van der Waals surface area contributed by atoms with Crippen molar-refractivity contribution in [3.05, 3.63) is 28.8 Å². The van der Waals surface area contributed by atoms with E-state index in [1.807, 2.05) is 18.2 Å². The summed E-state index contributed by atoms with van der Waals surface area (Å²) in [4.78, 5) is 0. The molecule has 0 amide bonds. The van der Waals surface area contributed by atoms with E-state index in [1.54, 1.807) is 7.11 Å². The summed E-state index contributed by atoms with van der Waals surface area (Å²) in [5, 5.41) is 4.15. The van der Waals surface area contributed by atoms with Crippen LogP contribution in [0, 0.1) is 12.3 Å². The average molecular weight is 266 g/mol. The minimum absolute atomic E-state index is 0.260. The molecule has 1 aromatic carbocycles. The van der Waals surface area contributed by atoms with Gasteiger partial charge in [0.25, 0.3) is 0 Å². The third-order valence-electron chi connectivity index (χ3n) is 2.84. The van der Waals surface area contributed by atoms with Crippen LogP contribution in [0.25, 0.3) is 0 Å². The van der Waals surface area contributed by atoms with Crippen molar-refractivity contribution in [2.45, 2.75) is 32.2 Å². The summed E-state index contributed by atoms with van der Waals surface area (Å²) in [6.07, 6.45) is 8.09. The first-order chi connectivity index (χ1) is 8.72. The van der Waals surface area contributed by atoms with E-state index in [2.05, 4.69) is 18.2 Å². The number of benzene rings is 1. The van der Waals surface area contributed by atoms with Crippen LogP contribution in [0.15, 0.2) is 18.2 Å². The summed E-state index contributed by atoms with van der Waals surface area (Å²) in [6, 6.07) is 6.02. The number of unbranched alkanes of at least 4 members (excludes halogenated alkanes) is 1. The number of hydrogen-bond acceptors (Lipinski definition) is 2. The lowest BCUT2D eigenvalue weighted by atomic mass is 10.00. The molecule has 0 saturated heterocycles. The van der Waals surface area contributed by atoms with Crippen molar-refractivity contribution in [2.24, 2.45) is 0 Å². The maximum absolute atomic E-state index is 5.98. The Bertz CT molecular complexity index is 411. The Labute approximate surface area is 115 Å². The van der Waals surface area contributed by atoms with E-state index in [0.717, 1.165) is 37.1 Å². The molecule has 0 fully saturated rings. The Kier molecular flexibility index (Phi) is 6.64. The van der Waals surface area contributed by atoms with E-state index in [4.69, 9.17) is 22.8 Å². The van der Waals surface area contributed by atoms with Gasteiger partial charge in [0.1, 0.15) is 5.75 Å². The summed E-state index contributed by atoms with van der Waals surface area (Å²) in [5.41, 5.74) is 1.14. The Hall–Kier alpha value is -1.17. The second-order valence-corrected chi connectivity index (χ2v) is 4.53. The molecule has 1 rings (SSSR count). The van der Waals surface area contributed by atoms with Gasteiger partial charge in [0.2, 0.25) is 0 Å². The Balaban J connectivity index is 2.87. The molecular formula is C15H20ClNO. The summed E-state index contributed by atoms with van der Waals surface area (Å²) in [5.74, 6) is 3.50. The number of ether oxygens (including phenoxy) is 1. The van der Waals surface area contributed by atoms with Crippen molar-refractivity contribution in [3.63, 3.8) is 0 Å². The summed E-state index contributed by atoms with van der Waals surface area (Å²) < 4.78 is 5.40. The monoisotopic (exact) mass is 265 g/mol. The molecule has 0 spiro atoms. The molecule has 0 aliphatic rings. The number of terminal acetylenes is 1. The van der Waals surface area contributed by atoms with Gasteiger partial charge in [-0.1, -0.05) is 24.6 Å². The molecular weight excluding hydrogens is 246 g/mol. The maximum atomic E-state index is 5.98. The van der Waals surface area contributed by atoms with Gasteiger partial charge in [-0.15, -0.1) is 12.3 Å². The van der Waals surface area contributed by atoms with Gasteiger partial charge in [0, 0.05) is 23.0 Å². The highest BCUT2D eigenvalue weighted by atomic mass is 35.5. The lowest BCUT2D eigenvalue weighted by molar-refractivity contribution is 0.395. The molecule has 1 N–H and O–H groups in total. The highest BCUT2D eigenvalue weighted by Crippen LogP contribution is 2.30. The third kappa shape index (κ3) is 4.25. The van der Waals surface area contributed by atoms with Crippen LogP contribution in [0.3, 0.4) is 0 Å².